The largest absolute Gasteiger partial charge is 0.335 e. The molecule has 21 heavy (non-hydrogen) atoms. The summed E-state index contributed by atoms with van der Waals surface area (Å²) in [5.41, 5.74) is 0.761. The molecule has 0 aliphatic carbocycles. The summed E-state index contributed by atoms with van der Waals surface area (Å²) in [5, 5.41) is 3.45. The van der Waals surface area contributed by atoms with Crippen molar-refractivity contribution in [2.24, 2.45) is 0 Å². The molecular weight excluding hydrogens is 265 g/mol. The fourth-order valence-corrected chi connectivity index (χ4v) is 2.63. The number of imidazole rings is 1. The average Bonchev–Trinajstić information content (AvgIpc) is 2.89. The molecule has 0 amide bonds. The van der Waals surface area contributed by atoms with Gasteiger partial charge in [0.15, 0.2) is 0 Å². The van der Waals surface area contributed by atoms with Crippen molar-refractivity contribution in [1.82, 2.24) is 14.9 Å². The number of likely N-dealkylation sites (N-methyl/N-ethyl adjacent to an activating group) is 1. The van der Waals surface area contributed by atoms with Gasteiger partial charge in [-0.3, -0.25) is 0 Å². The van der Waals surface area contributed by atoms with Crippen LogP contribution in [0.25, 0.3) is 0 Å². The number of hydrogen-bond acceptors (Lipinski definition) is 2. The van der Waals surface area contributed by atoms with Crippen LogP contribution in [0.3, 0.4) is 0 Å². The second-order valence-electron chi connectivity index (χ2n) is 5.29. The van der Waals surface area contributed by atoms with Crippen molar-refractivity contribution >= 4 is 0 Å². The lowest BCUT2D eigenvalue weighted by atomic mass is 10.0. The van der Waals surface area contributed by atoms with Crippen LogP contribution < -0.4 is 5.32 Å². The zero-order valence-electron chi connectivity index (χ0n) is 12.8. The lowest BCUT2D eigenvalue weighted by molar-refractivity contribution is 0.484. The van der Waals surface area contributed by atoms with E-state index >= 15 is 0 Å². The third-order valence-corrected chi connectivity index (χ3v) is 3.61. The molecular formula is C17H24FN3. The fraction of sp³-hybridized carbons (Fsp3) is 0.471. The predicted octanol–water partition coefficient (Wildman–Crippen LogP) is 3.20. The molecule has 114 valence electrons. The van der Waals surface area contributed by atoms with Crippen LogP contribution in [0.5, 0.6) is 0 Å². The zero-order valence-corrected chi connectivity index (χ0v) is 12.8. The van der Waals surface area contributed by atoms with E-state index in [4.69, 9.17) is 0 Å². The van der Waals surface area contributed by atoms with Gasteiger partial charge in [-0.2, -0.15) is 0 Å². The summed E-state index contributed by atoms with van der Waals surface area (Å²) in [6.07, 6.45) is 6.44. The Labute approximate surface area is 126 Å². The highest BCUT2D eigenvalue weighted by molar-refractivity contribution is 5.18. The number of hydrogen-bond donors (Lipinski definition) is 1. The maximum Gasteiger partial charge on any atom is 0.126 e. The molecule has 1 N–H and O–H groups in total. The average molecular weight is 289 g/mol. The van der Waals surface area contributed by atoms with Gasteiger partial charge in [0.25, 0.3) is 0 Å². The minimum atomic E-state index is -0.127. The first-order valence-electron chi connectivity index (χ1n) is 7.71. The SMILES string of the molecule is CCCn1ccnc1CC(Cc1ccccc1F)NCC. The molecule has 0 saturated heterocycles. The van der Waals surface area contributed by atoms with E-state index in [1.165, 1.54) is 6.07 Å². The highest BCUT2D eigenvalue weighted by Crippen LogP contribution is 2.12. The maximum absolute atomic E-state index is 13.8. The maximum atomic E-state index is 13.8. The Morgan fingerprint density at radius 1 is 1.24 bits per heavy atom. The normalized spacial score (nSPS) is 12.5. The second kappa shape index (κ2) is 7.93. The standard InChI is InChI=1S/C17H24FN3/c1-3-10-21-11-9-20-17(21)13-15(19-4-2)12-14-7-5-6-8-16(14)18/h5-9,11,15,19H,3-4,10,12-13H2,1-2H3. The number of halogens is 1. The van der Waals surface area contributed by atoms with Crippen molar-refractivity contribution < 1.29 is 4.39 Å². The molecule has 0 spiro atoms. The molecule has 1 unspecified atom stereocenters. The summed E-state index contributed by atoms with van der Waals surface area (Å²) in [6, 6.07) is 7.20. The quantitative estimate of drug-likeness (QED) is 0.809. The van der Waals surface area contributed by atoms with Gasteiger partial charge in [0.05, 0.1) is 0 Å². The van der Waals surface area contributed by atoms with Crippen molar-refractivity contribution in [3.63, 3.8) is 0 Å². The number of aromatic nitrogens is 2. The lowest BCUT2D eigenvalue weighted by Gasteiger charge is -2.19. The van der Waals surface area contributed by atoms with E-state index in [0.717, 1.165) is 37.3 Å². The van der Waals surface area contributed by atoms with E-state index in [0.29, 0.717) is 6.42 Å². The molecule has 0 fully saturated rings. The number of aryl methyl sites for hydroxylation is 1. The van der Waals surface area contributed by atoms with Gasteiger partial charge in [0.1, 0.15) is 11.6 Å². The monoisotopic (exact) mass is 289 g/mol. The van der Waals surface area contributed by atoms with Gasteiger partial charge in [-0.05, 0) is 31.0 Å². The van der Waals surface area contributed by atoms with Gasteiger partial charge in [-0.1, -0.05) is 32.0 Å². The zero-order chi connectivity index (χ0) is 15.1. The Morgan fingerprint density at radius 3 is 2.76 bits per heavy atom. The number of benzene rings is 1. The highest BCUT2D eigenvalue weighted by atomic mass is 19.1. The number of nitrogens with zero attached hydrogens (tertiary/aromatic N) is 2. The van der Waals surface area contributed by atoms with Crippen LogP contribution in [-0.2, 0) is 19.4 Å². The Bertz CT molecular complexity index is 550. The molecule has 1 aromatic carbocycles. The summed E-state index contributed by atoms with van der Waals surface area (Å²) in [7, 11) is 0. The van der Waals surface area contributed by atoms with E-state index in [-0.39, 0.29) is 11.9 Å². The third kappa shape index (κ3) is 4.39. The molecule has 0 radical (unpaired) electrons. The molecule has 1 aromatic heterocycles. The van der Waals surface area contributed by atoms with E-state index in [1.54, 1.807) is 6.07 Å². The highest BCUT2D eigenvalue weighted by Gasteiger charge is 2.14. The van der Waals surface area contributed by atoms with Crippen LogP contribution in [0, 0.1) is 5.82 Å². The predicted molar refractivity (Wildman–Crippen MR) is 83.8 cm³/mol. The minimum absolute atomic E-state index is 0.127. The summed E-state index contributed by atoms with van der Waals surface area (Å²) in [5.74, 6) is 0.941. The van der Waals surface area contributed by atoms with E-state index in [2.05, 4.69) is 28.7 Å². The van der Waals surface area contributed by atoms with Gasteiger partial charge in [0, 0.05) is 31.4 Å². The van der Waals surface area contributed by atoms with Gasteiger partial charge in [0.2, 0.25) is 0 Å². The van der Waals surface area contributed by atoms with Crippen LogP contribution in [-0.4, -0.2) is 22.1 Å². The molecule has 0 bridgehead atoms. The summed E-state index contributed by atoms with van der Waals surface area (Å²) >= 11 is 0. The van der Waals surface area contributed by atoms with E-state index in [9.17, 15) is 4.39 Å². The molecule has 1 heterocycles. The van der Waals surface area contributed by atoms with Gasteiger partial charge in [-0.25, -0.2) is 9.37 Å². The first-order chi connectivity index (χ1) is 10.2. The van der Waals surface area contributed by atoms with Crippen molar-refractivity contribution in [2.45, 2.75) is 45.7 Å². The molecule has 0 aliphatic rings. The van der Waals surface area contributed by atoms with Crippen molar-refractivity contribution in [3.8, 4) is 0 Å². The number of nitrogens with one attached hydrogen (secondary N) is 1. The molecule has 2 rings (SSSR count). The Morgan fingerprint density at radius 2 is 2.05 bits per heavy atom. The van der Waals surface area contributed by atoms with Gasteiger partial charge in [-0.15, -0.1) is 0 Å². The smallest absolute Gasteiger partial charge is 0.126 e. The van der Waals surface area contributed by atoms with Crippen molar-refractivity contribution in [3.05, 3.63) is 53.9 Å². The molecule has 2 aromatic rings. The first kappa shape index (κ1) is 15.7. The molecule has 3 nitrogen and oxygen atoms in total. The Hall–Kier alpha value is -1.68. The number of rotatable bonds is 8. The minimum Gasteiger partial charge on any atom is -0.335 e. The molecule has 0 aliphatic heterocycles. The van der Waals surface area contributed by atoms with Gasteiger partial charge < -0.3 is 9.88 Å². The third-order valence-electron chi connectivity index (χ3n) is 3.61. The van der Waals surface area contributed by atoms with Crippen LogP contribution in [0.2, 0.25) is 0 Å². The summed E-state index contributed by atoms with van der Waals surface area (Å²) in [4.78, 5) is 4.45. The molecule has 1 atom stereocenters. The Kier molecular flexibility index (Phi) is 5.93. The van der Waals surface area contributed by atoms with E-state index in [1.807, 2.05) is 24.5 Å². The second-order valence-corrected chi connectivity index (χ2v) is 5.29. The van der Waals surface area contributed by atoms with Crippen LogP contribution in [0.1, 0.15) is 31.7 Å². The summed E-state index contributed by atoms with van der Waals surface area (Å²) < 4.78 is 16.0. The first-order valence-corrected chi connectivity index (χ1v) is 7.71. The van der Waals surface area contributed by atoms with E-state index < -0.39 is 0 Å². The van der Waals surface area contributed by atoms with Crippen molar-refractivity contribution in [2.75, 3.05) is 6.54 Å². The molecule has 0 saturated carbocycles. The van der Waals surface area contributed by atoms with Crippen LogP contribution in [0.4, 0.5) is 4.39 Å². The Balaban J connectivity index is 2.08. The van der Waals surface area contributed by atoms with Crippen LogP contribution in [0.15, 0.2) is 36.7 Å². The van der Waals surface area contributed by atoms with Crippen LogP contribution >= 0.6 is 0 Å². The lowest BCUT2D eigenvalue weighted by Crippen LogP contribution is -2.34. The summed E-state index contributed by atoms with van der Waals surface area (Å²) in [6.45, 7) is 6.08. The fourth-order valence-electron chi connectivity index (χ4n) is 2.63. The molecule has 4 heteroatoms. The van der Waals surface area contributed by atoms with Gasteiger partial charge >= 0.3 is 0 Å². The topological polar surface area (TPSA) is 29.9 Å². The van der Waals surface area contributed by atoms with Crippen molar-refractivity contribution in [1.29, 1.82) is 0 Å².